The molecular weight excluding hydrogens is 367 g/mol. The lowest BCUT2D eigenvalue weighted by Crippen LogP contribution is -2.54. The molecule has 1 atom stereocenters. The first-order valence-corrected chi connectivity index (χ1v) is 10.5. The summed E-state index contributed by atoms with van der Waals surface area (Å²) < 4.78 is 19.2. The maximum Gasteiger partial charge on any atom is 0.248 e. The Morgan fingerprint density at radius 3 is 2.55 bits per heavy atom. The van der Waals surface area contributed by atoms with E-state index in [9.17, 15) is 9.18 Å². The van der Waals surface area contributed by atoms with Crippen molar-refractivity contribution < 1.29 is 13.9 Å². The number of carbonyl (C=O) groups excluding carboxylic acids is 1. The Morgan fingerprint density at radius 1 is 0.966 bits per heavy atom. The highest BCUT2D eigenvalue weighted by Gasteiger charge is 2.40. The number of ether oxygens (including phenoxy) is 1. The van der Waals surface area contributed by atoms with Gasteiger partial charge in [-0.2, -0.15) is 0 Å². The van der Waals surface area contributed by atoms with E-state index >= 15 is 0 Å². The predicted molar refractivity (Wildman–Crippen MR) is 111 cm³/mol. The molecule has 0 saturated carbocycles. The summed E-state index contributed by atoms with van der Waals surface area (Å²) in [7, 11) is 0. The number of nitrogens with zero attached hydrogens (tertiary/aromatic N) is 2. The first kappa shape index (κ1) is 20.0. The molecule has 1 spiro atoms. The van der Waals surface area contributed by atoms with Crippen LogP contribution in [0.5, 0.6) is 0 Å². The summed E-state index contributed by atoms with van der Waals surface area (Å²) >= 11 is 0. The summed E-state index contributed by atoms with van der Waals surface area (Å²) in [5.74, 6) is -0.105. The Bertz CT molecular complexity index is 811. The minimum absolute atomic E-state index is 0.0805. The third-order valence-electron chi connectivity index (χ3n) is 6.17. The van der Waals surface area contributed by atoms with Crippen LogP contribution < -0.4 is 0 Å². The van der Waals surface area contributed by atoms with Crippen LogP contribution in [0.15, 0.2) is 54.6 Å². The molecule has 0 bridgehead atoms. The summed E-state index contributed by atoms with van der Waals surface area (Å²) in [5.41, 5.74) is 2.10. The van der Waals surface area contributed by atoms with Crippen LogP contribution in [0.25, 0.3) is 0 Å². The van der Waals surface area contributed by atoms with Crippen molar-refractivity contribution >= 4 is 5.91 Å². The summed E-state index contributed by atoms with van der Waals surface area (Å²) in [5, 5.41) is 0. The molecule has 0 aliphatic carbocycles. The van der Waals surface area contributed by atoms with E-state index in [1.54, 1.807) is 0 Å². The van der Waals surface area contributed by atoms with Crippen LogP contribution in [0.3, 0.4) is 0 Å². The SMILES string of the molecule is O=C1CO[C@]2(CCCN(CCc3ccc(F)cc3)CC2)CN1Cc1ccccc1. The average Bonchev–Trinajstić information content (AvgIpc) is 2.94. The van der Waals surface area contributed by atoms with Crippen molar-refractivity contribution in [2.24, 2.45) is 0 Å². The van der Waals surface area contributed by atoms with E-state index in [2.05, 4.69) is 17.0 Å². The van der Waals surface area contributed by atoms with Gasteiger partial charge in [0.2, 0.25) is 5.91 Å². The zero-order valence-electron chi connectivity index (χ0n) is 16.9. The largest absolute Gasteiger partial charge is 0.363 e. The fraction of sp³-hybridized carbons (Fsp3) is 0.458. The van der Waals surface area contributed by atoms with Gasteiger partial charge in [-0.05, 0) is 55.5 Å². The van der Waals surface area contributed by atoms with Gasteiger partial charge < -0.3 is 14.5 Å². The number of halogens is 1. The first-order valence-electron chi connectivity index (χ1n) is 10.5. The van der Waals surface area contributed by atoms with E-state index in [1.165, 1.54) is 17.7 Å². The molecule has 2 aromatic carbocycles. The molecule has 4 rings (SSSR count). The van der Waals surface area contributed by atoms with E-state index in [4.69, 9.17) is 4.74 Å². The van der Waals surface area contributed by atoms with Crippen LogP contribution in [-0.4, -0.2) is 54.1 Å². The van der Waals surface area contributed by atoms with Gasteiger partial charge >= 0.3 is 0 Å². The van der Waals surface area contributed by atoms with Crippen molar-refractivity contribution in [3.63, 3.8) is 0 Å². The molecule has 2 aliphatic rings. The predicted octanol–water partition coefficient (Wildman–Crippen LogP) is 3.65. The van der Waals surface area contributed by atoms with Gasteiger partial charge in [0.15, 0.2) is 0 Å². The monoisotopic (exact) mass is 396 g/mol. The molecule has 4 nitrogen and oxygen atoms in total. The molecule has 0 N–H and O–H groups in total. The van der Waals surface area contributed by atoms with E-state index in [1.807, 2.05) is 35.2 Å². The maximum atomic E-state index is 13.1. The van der Waals surface area contributed by atoms with Gasteiger partial charge in [0.1, 0.15) is 12.4 Å². The van der Waals surface area contributed by atoms with Gasteiger partial charge in [-0.15, -0.1) is 0 Å². The third-order valence-corrected chi connectivity index (χ3v) is 6.17. The van der Waals surface area contributed by atoms with Crippen molar-refractivity contribution in [3.05, 3.63) is 71.5 Å². The number of hydrogen-bond acceptors (Lipinski definition) is 3. The Labute approximate surface area is 172 Å². The topological polar surface area (TPSA) is 32.8 Å². The lowest BCUT2D eigenvalue weighted by atomic mass is 9.92. The molecular formula is C24H29FN2O2. The van der Waals surface area contributed by atoms with Crippen LogP contribution in [0.4, 0.5) is 4.39 Å². The minimum atomic E-state index is -0.229. The second-order valence-electron chi connectivity index (χ2n) is 8.28. The van der Waals surface area contributed by atoms with Gasteiger partial charge in [-0.1, -0.05) is 42.5 Å². The van der Waals surface area contributed by atoms with Gasteiger partial charge in [0, 0.05) is 19.6 Å². The lowest BCUT2D eigenvalue weighted by molar-refractivity contribution is -0.166. The first-order chi connectivity index (χ1) is 14.1. The molecule has 2 aromatic rings. The average molecular weight is 397 g/mol. The minimum Gasteiger partial charge on any atom is -0.363 e. The van der Waals surface area contributed by atoms with Crippen LogP contribution in [0.2, 0.25) is 0 Å². The van der Waals surface area contributed by atoms with Gasteiger partial charge in [0.05, 0.1) is 12.1 Å². The molecule has 29 heavy (non-hydrogen) atoms. The maximum absolute atomic E-state index is 13.1. The molecule has 0 radical (unpaired) electrons. The van der Waals surface area contributed by atoms with Crippen molar-refractivity contribution in [3.8, 4) is 0 Å². The highest BCUT2D eigenvalue weighted by molar-refractivity contribution is 5.78. The van der Waals surface area contributed by atoms with Crippen LogP contribution >= 0.6 is 0 Å². The number of likely N-dealkylation sites (tertiary alicyclic amines) is 1. The molecule has 2 heterocycles. The van der Waals surface area contributed by atoms with E-state index in [-0.39, 0.29) is 23.9 Å². The molecule has 0 unspecified atom stereocenters. The summed E-state index contributed by atoms with van der Waals surface area (Å²) in [6.07, 6.45) is 3.91. The van der Waals surface area contributed by atoms with Crippen molar-refractivity contribution in [2.75, 3.05) is 32.8 Å². The van der Waals surface area contributed by atoms with Gasteiger partial charge in [0.25, 0.3) is 0 Å². The summed E-state index contributed by atoms with van der Waals surface area (Å²) in [6, 6.07) is 17.0. The van der Waals surface area contributed by atoms with E-state index < -0.39 is 0 Å². The van der Waals surface area contributed by atoms with Crippen molar-refractivity contribution in [2.45, 2.75) is 37.8 Å². The quantitative estimate of drug-likeness (QED) is 0.773. The molecule has 1 amide bonds. The fourth-order valence-corrected chi connectivity index (χ4v) is 4.42. The zero-order chi connectivity index (χ0) is 20.1. The number of morpholine rings is 1. The summed E-state index contributed by atoms with van der Waals surface area (Å²) in [4.78, 5) is 16.9. The van der Waals surface area contributed by atoms with Crippen LogP contribution in [-0.2, 0) is 22.5 Å². The highest BCUT2D eigenvalue weighted by Crippen LogP contribution is 2.31. The van der Waals surface area contributed by atoms with Crippen LogP contribution in [0, 0.1) is 5.82 Å². The Hall–Kier alpha value is -2.24. The number of carbonyl (C=O) groups is 1. The Balaban J connectivity index is 1.33. The number of amides is 1. The second-order valence-corrected chi connectivity index (χ2v) is 8.28. The molecule has 154 valence electrons. The molecule has 2 fully saturated rings. The second kappa shape index (κ2) is 9.06. The number of benzene rings is 2. The van der Waals surface area contributed by atoms with Gasteiger partial charge in [-0.25, -0.2) is 4.39 Å². The fourth-order valence-electron chi connectivity index (χ4n) is 4.42. The normalized spacial score (nSPS) is 23.3. The van der Waals surface area contributed by atoms with E-state index in [0.717, 1.165) is 50.9 Å². The van der Waals surface area contributed by atoms with Crippen molar-refractivity contribution in [1.82, 2.24) is 9.80 Å². The lowest BCUT2D eigenvalue weighted by Gasteiger charge is -2.42. The Morgan fingerprint density at radius 2 is 1.76 bits per heavy atom. The molecule has 0 aromatic heterocycles. The highest BCUT2D eigenvalue weighted by atomic mass is 19.1. The molecule has 2 saturated heterocycles. The summed E-state index contributed by atoms with van der Waals surface area (Å²) in [6.45, 7) is 4.48. The number of rotatable bonds is 5. The molecule has 5 heteroatoms. The molecule has 2 aliphatic heterocycles. The Kier molecular flexibility index (Phi) is 6.26. The van der Waals surface area contributed by atoms with Crippen LogP contribution in [0.1, 0.15) is 30.4 Å². The smallest absolute Gasteiger partial charge is 0.248 e. The third kappa shape index (κ3) is 5.22. The van der Waals surface area contributed by atoms with Crippen molar-refractivity contribution in [1.29, 1.82) is 0 Å². The van der Waals surface area contributed by atoms with E-state index in [0.29, 0.717) is 13.1 Å². The van der Waals surface area contributed by atoms with Gasteiger partial charge in [-0.3, -0.25) is 4.79 Å². The zero-order valence-corrected chi connectivity index (χ0v) is 16.9. The standard InChI is InChI=1S/C24H29FN2O2/c25-22-9-7-20(8-10-22)11-15-26-14-4-12-24(13-16-26)19-27(23(28)18-29-24)17-21-5-2-1-3-6-21/h1-3,5-10H,4,11-19H2/t24-/m0/s1. The number of hydrogen-bond donors (Lipinski definition) is 0.